The molecule has 1 saturated heterocycles. The lowest BCUT2D eigenvalue weighted by atomic mass is 10.1. The first-order chi connectivity index (χ1) is 10.2. The van der Waals surface area contributed by atoms with Gasteiger partial charge in [-0.05, 0) is 11.6 Å². The van der Waals surface area contributed by atoms with Crippen molar-refractivity contribution in [1.82, 2.24) is 4.90 Å². The predicted molar refractivity (Wildman–Crippen MR) is 78.7 cm³/mol. The summed E-state index contributed by atoms with van der Waals surface area (Å²) in [5, 5.41) is 10.8. The molecule has 0 spiro atoms. The molecule has 1 aliphatic rings. The molecule has 108 valence electrons. The fourth-order valence-electron chi connectivity index (χ4n) is 2.38. The third-order valence-corrected chi connectivity index (χ3v) is 3.80. The average Bonchev–Trinajstić information content (AvgIpc) is 2.77. The van der Waals surface area contributed by atoms with Gasteiger partial charge in [-0.15, -0.1) is 0 Å². The van der Waals surface area contributed by atoms with E-state index in [0.29, 0.717) is 17.1 Å². The van der Waals surface area contributed by atoms with E-state index < -0.39 is 18.4 Å². The number of cyclic esters (lactones) is 1. The van der Waals surface area contributed by atoms with E-state index in [1.807, 2.05) is 30.3 Å². The van der Waals surface area contributed by atoms with Gasteiger partial charge in [-0.25, -0.2) is 4.79 Å². The number of hydrogen-bond donors (Lipinski definition) is 1. The van der Waals surface area contributed by atoms with E-state index in [-0.39, 0.29) is 0 Å². The summed E-state index contributed by atoms with van der Waals surface area (Å²) in [5.41, 5.74) is 1.53. The highest BCUT2D eigenvalue weighted by Crippen LogP contribution is 2.35. The van der Waals surface area contributed by atoms with E-state index in [1.165, 1.54) is 4.90 Å². The third kappa shape index (κ3) is 2.73. The second-order valence-electron chi connectivity index (χ2n) is 4.85. The van der Waals surface area contributed by atoms with Gasteiger partial charge in [0.2, 0.25) is 0 Å². The quantitative estimate of drug-likeness (QED) is 0.946. The van der Waals surface area contributed by atoms with Crippen LogP contribution in [-0.4, -0.2) is 22.3 Å². The molecular formula is C16H14ClNO3. The first kappa shape index (κ1) is 13.9. The van der Waals surface area contributed by atoms with Crippen LogP contribution in [0.1, 0.15) is 17.2 Å². The number of carbonyl (C=O) groups excluding carboxylic acids is 1. The lowest BCUT2D eigenvalue weighted by Gasteiger charge is -2.20. The Morgan fingerprint density at radius 2 is 1.76 bits per heavy atom. The summed E-state index contributed by atoms with van der Waals surface area (Å²) in [4.78, 5) is 13.3. The summed E-state index contributed by atoms with van der Waals surface area (Å²) in [6.07, 6.45) is -2.37. The van der Waals surface area contributed by atoms with E-state index in [4.69, 9.17) is 16.3 Å². The van der Waals surface area contributed by atoms with E-state index in [1.54, 1.807) is 24.3 Å². The summed E-state index contributed by atoms with van der Waals surface area (Å²) < 4.78 is 5.28. The zero-order valence-corrected chi connectivity index (χ0v) is 11.9. The molecule has 0 unspecified atom stereocenters. The van der Waals surface area contributed by atoms with Gasteiger partial charge in [0.1, 0.15) is 0 Å². The second-order valence-corrected chi connectivity index (χ2v) is 5.26. The SMILES string of the molecule is O=C1O[C@@H](c2ccccc2Cl)[C@@H](O)N1Cc1ccccc1. The predicted octanol–water partition coefficient (Wildman–Crippen LogP) is 3.35. The highest BCUT2D eigenvalue weighted by atomic mass is 35.5. The van der Waals surface area contributed by atoms with Crippen LogP contribution in [0.25, 0.3) is 0 Å². The second kappa shape index (κ2) is 5.76. The smallest absolute Gasteiger partial charge is 0.413 e. The Morgan fingerprint density at radius 1 is 1.10 bits per heavy atom. The zero-order valence-electron chi connectivity index (χ0n) is 11.1. The zero-order chi connectivity index (χ0) is 14.8. The Hall–Kier alpha value is -2.04. The van der Waals surface area contributed by atoms with Crippen LogP contribution in [0.4, 0.5) is 4.79 Å². The number of ether oxygens (including phenoxy) is 1. The van der Waals surface area contributed by atoms with Gasteiger partial charge in [-0.1, -0.05) is 60.1 Å². The molecule has 5 heteroatoms. The van der Waals surface area contributed by atoms with Gasteiger partial charge in [0.25, 0.3) is 0 Å². The van der Waals surface area contributed by atoms with Gasteiger partial charge in [-0.3, -0.25) is 4.90 Å². The molecule has 2 aromatic rings. The van der Waals surface area contributed by atoms with Crippen molar-refractivity contribution in [2.24, 2.45) is 0 Å². The van der Waals surface area contributed by atoms with Gasteiger partial charge in [-0.2, -0.15) is 0 Å². The van der Waals surface area contributed by atoms with Crippen molar-refractivity contribution in [2.45, 2.75) is 18.9 Å². The van der Waals surface area contributed by atoms with Gasteiger partial charge >= 0.3 is 6.09 Å². The highest BCUT2D eigenvalue weighted by molar-refractivity contribution is 6.31. The Bertz CT molecular complexity index is 647. The van der Waals surface area contributed by atoms with E-state index in [0.717, 1.165) is 5.56 Å². The fraction of sp³-hybridized carbons (Fsp3) is 0.188. The fourth-order valence-corrected chi connectivity index (χ4v) is 2.62. The molecule has 0 bridgehead atoms. The topological polar surface area (TPSA) is 49.8 Å². The minimum atomic E-state index is -1.06. The monoisotopic (exact) mass is 303 g/mol. The molecule has 0 radical (unpaired) electrons. The molecule has 0 aliphatic carbocycles. The van der Waals surface area contributed by atoms with Crippen molar-refractivity contribution in [1.29, 1.82) is 0 Å². The summed E-state index contributed by atoms with van der Waals surface area (Å²) >= 11 is 6.10. The van der Waals surface area contributed by atoms with Crippen LogP contribution in [0.3, 0.4) is 0 Å². The molecule has 2 aromatic carbocycles. The molecule has 0 aromatic heterocycles. The van der Waals surface area contributed by atoms with E-state index in [9.17, 15) is 9.90 Å². The number of benzene rings is 2. The van der Waals surface area contributed by atoms with Crippen molar-refractivity contribution < 1.29 is 14.6 Å². The van der Waals surface area contributed by atoms with E-state index >= 15 is 0 Å². The summed E-state index contributed by atoms with van der Waals surface area (Å²) in [7, 11) is 0. The molecule has 1 aliphatic heterocycles. The number of halogens is 1. The van der Waals surface area contributed by atoms with Crippen LogP contribution in [-0.2, 0) is 11.3 Å². The minimum Gasteiger partial charge on any atom is -0.436 e. The molecule has 0 saturated carbocycles. The van der Waals surface area contributed by atoms with Crippen molar-refractivity contribution in [3.05, 3.63) is 70.7 Å². The standard InChI is InChI=1S/C16H14ClNO3/c17-13-9-5-4-8-12(13)14-15(19)18(16(20)21-14)10-11-6-2-1-3-7-11/h1-9,14-15,19H,10H2/t14-,15+/m0/s1. The maximum absolute atomic E-state index is 12.0. The van der Waals surface area contributed by atoms with Crippen molar-refractivity contribution in [3.8, 4) is 0 Å². The molecular weight excluding hydrogens is 290 g/mol. The Morgan fingerprint density at radius 3 is 2.48 bits per heavy atom. The number of amides is 1. The maximum Gasteiger partial charge on any atom is 0.413 e. The van der Waals surface area contributed by atoms with Gasteiger partial charge in [0.05, 0.1) is 6.54 Å². The molecule has 2 atom stereocenters. The van der Waals surface area contributed by atoms with Crippen molar-refractivity contribution in [2.75, 3.05) is 0 Å². The number of nitrogens with zero attached hydrogens (tertiary/aromatic N) is 1. The first-order valence-electron chi connectivity index (χ1n) is 6.60. The third-order valence-electron chi connectivity index (χ3n) is 3.46. The van der Waals surface area contributed by atoms with Gasteiger partial charge in [0, 0.05) is 10.6 Å². The highest BCUT2D eigenvalue weighted by Gasteiger charge is 2.42. The molecule has 1 fully saturated rings. The Labute approximate surface area is 127 Å². The van der Waals surface area contributed by atoms with Gasteiger partial charge in [0.15, 0.2) is 12.3 Å². The summed E-state index contributed by atoms with van der Waals surface area (Å²) in [6, 6.07) is 16.5. The number of aliphatic hydroxyl groups excluding tert-OH is 1. The molecule has 1 heterocycles. The lowest BCUT2D eigenvalue weighted by molar-refractivity contribution is 0.0106. The van der Waals surface area contributed by atoms with Crippen LogP contribution in [0.5, 0.6) is 0 Å². The Balaban J connectivity index is 1.82. The summed E-state index contributed by atoms with van der Waals surface area (Å²) in [5.74, 6) is 0. The molecule has 1 amide bonds. The van der Waals surface area contributed by atoms with E-state index in [2.05, 4.69) is 0 Å². The molecule has 21 heavy (non-hydrogen) atoms. The normalized spacial score (nSPS) is 21.4. The van der Waals surface area contributed by atoms with Crippen molar-refractivity contribution >= 4 is 17.7 Å². The largest absolute Gasteiger partial charge is 0.436 e. The molecule has 3 rings (SSSR count). The van der Waals surface area contributed by atoms with Crippen LogP contribution >= 0.6 is 11.6 Å². The number of carbonyl (C=O) groups is 1. The maximum atomic E-state index is 12.0. The van der Waals surface area contributed by atoms with Gasteiger partial charge < -0.3 is 9.84 Å². The number of aliphatic hydroxyl groups is 1. The average molecular weight is 304 g/mol. The molecule has 4 nitrogen and oxygen atoms in total. The first-order valence-corrected chi connectivity index (χ1v) is 6.98. The number of rotatable bonds is 3. The van der Waals surface area contributed by atoms with Crippen LogP contribution in [0, 0.1) is 0 Å². The number of hydrogen-bond acceptors (Lipinski definition) is 3. The Kier molecular flexibility index (Phi) is 3.82. The summed E-state index contributed by atoms with van der Waals surface area (Å²) in [6.45, 7) is 0.293. The van der Waals surface area contributed by atoms with Crippen LogP contribution < -0.4 is 0 Å². The van der Waals surface area contributed by atoms with Crippen LogP contribution in [0.15, 0.2) is 54.6 Å². The minimum absolute atomic E-state index is 0.293. The molecule has 1 N–H and O–H groups in total. The lowest BCUT2D eigenvalue weighted by Crippen LogP contribution is -2.33. The van der Waals surface area contributed by atoms with Crippen molar-refractivity contribution in [3.63, 3.8) is 0 Å². The van der Waals surface area contributed by atoms with Crippen LogP contribution in [0.2, 0.25) is 5.02 Å².